The summed E-state index contributed by atoms with van der Waals surface area (Å²) in [7, 11) is 1.80. The molecule has 0 saturated heterocycles. The highest BCUT2D eigenvalue weighted by Gasteiger charge is 2.23. The quantitative estimate of drug-likeness (QED) is 0.868. The third kappa shape index (κ3) is 4.91. The maximum atomic E-state index is 13.6. The Labute approximate surface area is 121 Å². The summed E-state index contributed by atoms with van der Waals surface area (Å²) in [4.78, 5) is 13.0. The lowest BCUT2D eigenvalue weighted by Gasteiger charge is -2.24. The number of aliphatic carboxylic acids is 1. The van der Waals surface area contributed by atoms with Crippen LogP contribution in [0.1, 0.15) is 19.4 Å². The van der Waals surface area contributed by atoms with Crippen molar-refractivity contribution in [2.24, 2.45) is 11.8 Å². The Morgan fingerprint density at radius 1 is 1.47 bits per heavy atom. The number of benzene rings is 1. The minimum Gasteiger partial charge on any atom is -0.481 e. The molecule has 0 heterocycles. The van der Waals surface area contributed by atoms with Crippen LogP contribution in [0.5, 0.6) is 0 Å². The van der Waals surface area contributed by atoms with Crippen molar-refractivity contribution >= 4 is 21.9 Å². The molecular weight excluding hydrogens is 313 g/mol. The van der Waals surface area contributed by atoms with E-state index in [2.05, 4.69) is 15.9 Å². The molecule has 0 amide bonds. The van der Waals surface area contributed by atoms with Crippen LogP contribution < -0.4 is 0 Å². The van der Waals surface area contributed by atoms with Crippen LogP contribution in [0.15, 0.2) is 22.7 Å². The van der Waals surface area contributed by atoms with Crippen molar-refractivity contribution in [2.45, 2.75) is 20.4 Å². The number of rotatable bonds is 6. The maximum Gasteiger partial charge on any atom is 0.308 e. The van der Waals surface area contributed by atoms with E-state index >= 15 is 0 Å². The summed E-state index contributed by atoms with van der Waals surface area (Å²) in [6.45, 7) is 4.55. The van der Waals surface area contributed by atoms with Crippen molar-refractivity contribution in [1.29, 1.82) is 0 Å². The van der Waals surface area contributed by atoms with Gasteiger partial charge in [-0.05, 0) is 31.2 Å². The first-order chi connectivity index (χ1) is 8.81. The standard InChI is InChI=1S/C14H19BrFNO2/c1-9(2)12(14(18)19)8-17(3)7-10-6-11(15)4-5-13(10)16/h4-6,9,12H,7-8H2,1-3H3,(H,18,19). The molecule has 0 aliphatic rings. The van der Waals surface area contributed by atoms with Gasteiger partial charge in [0.15, 0.2) is 0 Å². The van der Waals surface area contributed by atoms with Crippen LogP contribution in [-0.4, -0.2) is 29.6 Å². The predicted octanol–water partition coefficient (Wildman–Crippen LogP) is 3.38. The summed E-state index contributed by atoms with van der Waals surface area (Å²) < 4.78 is 14.4. The molecule has 0 aliphatic heterocycles. The van der Waals surface area contributed by atoms with Crippen molar-refractivity contribution in [3.8, 4) is 0 Å². The lowest BCUT2D eigenvalue weighted by atomic mass is 9.95. The first kappa shape index (κ1) is 16.1. The van der Waals surface area contributed by atoms with E-state index in [1.807, 2.05) is 18.7 Å². The second kappa shape index (κ2) is 7.01. The summed E-state index contributed by atoms with van der Waals surface area (Å²) in [6, 6.07) is 4.77. The first-order valence-corrected chi connectivity index (χ1v) is 6.95. The van der Waals surface area contributed by atoms with Gasteiger partial charge in [-0.3, -0.25) is 4.79 Å². The normalized spacial score (nSPS) is 13.0. The van der Waals surface area contributed by atoms with E-state index in [0.29, 0.717) is 18.7 Å². The first-order valence-electron chi connectivity index (χ1n) is 6.16. The molecule has 0 fully saturated rings. The van der Waals surface area contributed by atoms with Gasteiger partial charge in [0.1, 0.15) is 5.82 Å². The van der Waals surface area contributed by atoms with E-state index < -0.39 is 11.9 Å². The Bertz CT molecular complexity index is 451. The fraction of sp³-hybridized carbons (Fsp3) is 0.500. The molecular formula is C14H19BrFNO2. The molecule has 1 atom stereocenters. The highest BCUT2D eigenvalue weighted by atomic mass is 79.9. The molecule has 1 rings (SSSR count). The molecule has 0 radical (unpaired) electrons. The molecule has 1 N–H and O–H groups in total. The maximum absolute atomic E-state index is 13.6. The molecule has 0 aliphatic carbocycles. The van der Waals surface area contributed by atoms with Crippen molar-refractivity contribution in [3.05, 3.63) is 34.1 Å². The van der Waals surface area contributed by atoms with Gasteiger partial charge >= 0.3 is 5.97 Å². The molecule has 3 nitrogen and oxygen atoms in total. The SMILES string of the molecule is CC(C)C(CN(C)Cc1cc(Br)ccc1F)C(=O)O. The molecule has 1 unspecified atom stereocenters. The van der Waals surface area contributed by atoms with Gasteiger partial charge in [-0.1, -0.05) is 29.8 Å². The minimum atomic E-state index is -0.809. The van der Waals surface area contributed by atoms with Crippen LogP contribution in [0.3, 0.4) is 0 Å². The zero-order valence-electron chi connectivity index (χ0n) is 11.4. The molecule has 0 saturated carbocycles. The van der Waals surface area contributed by atoms with E-state index in [4.69, 9.17) is 5.11 Å². The van der Waals surface area contributed by atoms with Gasteiger partial charge < -0.3 is 10.0 Å². The Balaban J connectivity index is 2.71. The smallest absolute Gasteiger partial charge is 0.308 e. The summed E-state index contributed by atoms with van der Waals surface area (Å²) in [6.07, 6.45) is 0. The van der Waals surface area contributed by atoms with E-state index in [1.165, 1.54) is 6.07 Å². The third-order valence-corrected chi connectivity index (χ3v) is 3.57. The van der Waals surface area contributed by atoms with Crippen molar-refractivity contribution in [3.63, 3.8) is 0 Å². The zero-order valence-corrected chi connectivity index (χ0v) is 12.9. The van der Waals surface area contributed by atoms with Crippen LogP contribution in [0.25, 0.3) is 0 Å². The molecule has 0 spiro atoms. The fourth-order valence-electron chi connectivity index (χ4n) is 1.93. The van der Waals surface area contributed by atoms with Crippen molar-refractivity contribution < 1.29 is 14.3 Å². The molecule has 1 aromatic rings. The Morgan fingerprint density at radius 2 is 2.11 bits per heavy atom. The summed E-state index contributed by atoms with van der Waals surface area (Å²) in [5, 5.41) is 9.15. The molecule has 5 heteroatoms. The number of hydrogen-bond donors (Lipinski definition) is 1. The Kier molecular flexibility index (Phi) is 5.94. The number of nitrogens with zero attached hydrogens (tertiary/aromatic N) is 1. The number of carboxylic acid groups (broad SMARTS) is 1. The summed E-state index contributed by atoms with van der Waals surface area (Å²) >= 11 is 3.30. The zero-order chi connectivity index (χ0) is 14.6. The van der Waals surface area contributed by atoms with Gasteiger partial charge in [0.05, 0.1) is 5.92 Å². The second-order valence-electron chi connectivity index (χ2n) is 5.12. The van der Waals surface area contributed by atoms with E-state index in [1.54, 1.807) is 19.2 Å². The third-order valence-electron chi connectivity index (χ3n) is 3.08. The fourth-order valence-corrected chi connectivity index (χ4v) is 2.34. The van der Waals surface area contributed by atoms with Gasteiger partial charge in [0.25, 0.3) is 0 Å². The van der Waals surface area contributed by atoms with Crippen molar-refractivity contribution in [1.82, 2.24) is 4.90 Å². The average molecular weight is 332 g/mol. The van der Waals surface area contributed by atoms with Crippen LogP contribution in [0.4, 0.5) is 4.39 Å². The lowest BCUT2D eigenvalue weighted by Crippen LogP contribution is -2.33. The van der Waals surface area contributed by atoms with Crippen LogP contribution >= 0.6 is 15.9 Å². The van der Waals surface area contributed by atoms with Crippen molar-refractivity contribution in [2.75, 3.05) is 13.6 Å². The van der Waals surface area contributed by atoms with Crippen LogP contribution in [0.2, 0.25) is 0 Å². The average Bonchev–Trinajstić information content (AvgIpc) is 2.30. The highest BCUT2D eigenvalue weighted by Crippen LogP contribution is 2.18. The second-order valence-corrected chi connectivity index (χ2v) is 6.04. The number of halogens is 2. The summed E-state index contributed by atoms with van der Waals surface area (Å²) in [5.41, 5.74) is 0.560. The van der Waals surface area contributed by atoms with E-state index in [-0.39, 0.29) is 11.7 Å². The van der Waals surface area contributed by atoms with Gasteiger partial charge in [0, 0.05) is 23.1 Å². The molecule has 1 aromatic carbocycles. The van der Waals surface area contributed by atoms with E-state index in [9.17, 15) is 9.18 Å². The summed E-state index contributed by atoms with van der Waals surface area (Å²) in [5.74, 6) is -1.48. The minimum absolute atomic E-state index is 0.0484. The number of carbonyl (C=O) groups is 1. The number of carboxylic acids is 1. The molecule has 0 bridgehead atoms. The van der Waals surface area contributed by atoms with E-state index in [0.717, 1.165) is 4.47 Å². The lowest BCUT2D eigenvalue weighted by molar-refractivity contribution is -0.144. The van der Waals surface area contributed by atoms with Gasteiger partial charge in [0.2, 0.25) is 0 Å². The van der Waals surface area contributed by atoms with Crippen LogP contribution in [0, 0.1) is 17.7 Å². The number of hydrogen-bond acceptors (Lipinski definition) is 2. The topological polar surface area (TPSA) is 40.5 Å². The van der Waals surface area contributed by atoms with Gasteiger partial charge in [-0.2, -0.15) is 0 Å². The molecule has 0 aromatic heterocycles. The largest absolute Gasteiger partial charge is 0.481 e. The van der Waals surface area contributed by atoms with Gasteiger partial charge in [-0.15, -0.1) is 0 Å². The molecule has 106 valence electrons. The molecule has 19 heavy (non-hydrogen) atoms. The highest BCUT2D eigenvalue weighted by molar-refractivity contribution is 9.10. The Morgan fingerprint density at radius 3 is 2.63 bits per heavy atom. The Hall–Kier alpha value is -0.940. The van der Waals surface area contributed by atoms with Gasteiger partial charge in [-0.25, -0.2) is 4.39 Å². The predicted molar refractivity (Wildman–Crippen MR) is 76.4 cm³/mol. The monoisotopic (exact) mass is 331 g/mol. The van der Waals surface area contributed by atoms with Crippen LogP contribution in [-0.2, 0) is 11.3 Å².